The predicted molar refractivity (Wildman–Crippen MR) is 85.9 cm³/mol. The maximum Gasteiger partial charge on any atom is 0.208 e. The van der Waals surface area contributed by atoms with Crippen LogP contribution in [0, 0.1) is 5.92 Å². The Hall–Kier alpha value is -0.540. The van der Waals surface area contributed by atoms with Gasteiger partial charge in [0.15, 0.2) is 5.78 Å². The molecule has 0 aliphatic carbocycles. The molecule has 2 unspecified atom stereocenters. The maximum absolute atomic E-state index is 12.0. The van der Waals surface area contributed by atoms with Crippen LogP contribution in [-0.4, -0.2) is 52.9 Å². The van der Waals surface area contributed by atoms with Gasteiger partial charge in [0.1, 0.15) is 6.10 Å². The minimum atomic E-state index is -3.36. The van der Waals surface area contributed by atoms with Crippen LogP contribution in [0.1, 0.15) is 40.0 Å². The third-order valence-corrected chi connectivity index (χ3v) is 3.83. The number of carbonyl (C=O) groups excluding carboxylic acids is 1. The van der Waals surface area contributed by atoms with Crippen LogP contribution in [-0.2, 0) is 24.4 Å². The molecule has 2 atom stereocenters. The standard InChI is InChI=1S/C14H30N2O5S/c1-6-8-15-21-9-7-12(16-22(5,18)19)10-13(20-4)14(17)11(2)3/h11-13,15-16H,6-10H2,1-5H3. The van der Waals surface area contributed by atoms with Crippen LogP contribution in [0.15, 0.2) is 0 Å². The third-order valence-electron chi connectivity index (χ3n) is 3.07. The lowest BCUT2D eigenvalue weighted by Crippen LogP contribution is -2.41. The highest BCUT2D eigenvalue weighted by Gasteiger charge is 2.26. The van der Waals surface area contributed by atoms with Gasteiger partial charge in [-0.3, -0.25) is 4.79 Å². The molecule has 0 spiro atoms. The molecule has 0 bridgehead atoms. The minimum Gasteiger partial charge on any atom is -0.374 e. The number of Topliss-reactive ketones (excluding diaryl/α,β-unsaturated/α-hetero) is 1. The highest BCUT2D eigenvalue weighted by Crippen LogP contribution is 2.12. The van der Waals surface area contributed by atoms with Crippen LogP contribution in [0.5, 0.6) is 0 Å². The van der Waals surface area contributed by atoms with Crippen molar-refractivity contribution in [3.8, 4) is 0 Å². The largest absolute Gasteiger partial charge is 0.374 e. The van der Waals surface area contributed by atoms with Crippen molar-refractivity contribution in [1.29, 1.82) is 0 Å². The van der Waals surface area contributed by atoms with Gasteiger partial charge in [0.05, 0.1) is 12.9 Å². The first-order valence-electron chi connectivity index (χ1n) is 7.59. The van der Waals surface area contributed by atoms with E-state index in [1.165, 1.54) is 7.11 Å². The van der Waals surface area contributed by atoms with Gasteiger partial charge in [-0.1, -0.05) is 20.8 Å². The van der Waals surface area contributed by atoms with Crippen molar-refractivity contribution < 1.29 is 22.8 Å². The Morgan fingerprint density at radius 2 is 1.91 bits per heavy atom. The molecule has 7 nitrogen and oxygen atoms in total. The first-order chi connectivity index (χ1) is 10.2. The molecule has 22 heavy (non-hydrogen) atoms. The molecule has 0 aromatic heterocycles. The number of methoxy groups -OCH3 is 1. The number of hydrogen-bond acceptors (Lipinski definition) is 6. The summed E-state index contributed by atoms with van der Waals surface area (Å²) in [5, 5.41) is 0. The number of hydrogen-bond donors (Lipinski definition) is 2. The fourth-order valence-electron chi connectivity index (χ4n) is 1.93. The molecule has 0 aromatic carbocycles. The van der Waals surface area contributed by atoms with Crippen LogP contribution < -0.4 is 10.2 Å². The summed E-state index contributed by atoms with van der Waals surface area (Å²) < 4.78 is 30.7. The molecule has 0 saturated carbocycles. The Labute approximate surface area is 134 Å². The fraction of sp³-hybridized carbons (Fsp3) is 0.929. The normalized spacial score (nSPS) is 15.0. The van der Waals surface area contributed by atoms with Crippen molar-refractivity contribution in [2.24, 2.45) is 5.92 Å². The Morgan fingerprint density at radius 1 is 1.27 bits per heavy atom. The van der Waals surface area contributed by atoms with Gasteiger partial charge in [-0.05, 0) is 19.3 Å². The van der Waals surface area contributed by atoms with E-state index >= 15 is 0 Å². The van der Waals surface area contributed by atoms with E-state index in [4.69, 9.17) is 9.57 Å². The van der Waals surface area contributed by atoms with E-state index in [0.29, 0.717) is 13.0 Å². The lowest BCUT2D eigenvalue weighted by molar-refractivity contribution is -0.132. The van der Waals surface area contributed by atoms with Crippen molar-refractivity contribution in [3.05, 3.63) is 0 Å². The molecule has 0 rings (SSSR count). The van der Waals surface area contributed by atoms with Crippen molar-refractivity contribution in [3.63, 3.8) is 0 Å². The van der Waals surface area contributed by atoms with E-state index in [-0.39, 0.29) is 18.1 Å². The molecular formula is C14H30N2O5S. The van der Waals surface area contributed by atoms with Crippen LogP contribution in [0.2, 0.25) is 0 Å². The lowest BCUT2D eigenvalue weighted by Gasteiger charge is -2.23. The maximum atomic E-state index is 12.0. The highest BCUT2D eigenvalue weighted by atomic mass is 32.2. The molecule has 0 aliphatic heterocycles. The zero-order valence-electron chi connectivity index (χ0n) is 14.2. The van der Waals surface area contributed by atoms with Gasteiger partial charge in [0.2, 0.25) is 10.0 Å². The fourth-order valence-corrected chi connectivity index (χ4v) is 2.75. The number of hydroxylamine groups is 1. The summed E-state index contributed by atoms with van der Waals surface area (Å²) in [7, 11) is -1.90. The second kappa shape index (κ2) is 11.1. The zero-order valence-corrected chi connectivity index (χ0v) is 15.0. The summed E-state index contributed by atoms with van der Waals surface area (Å²) in [6, 6.07) is -0.411. The second-order valence-electron chi connectivity index (χ2n) is 5.64. The summed E-state index contributed by atoms with van der Waals surface area (Å²) in [5.41, 5.74) is 2.79. The van der Waals surface area contributed by atoms with Gasteiger partial charge in [-0.15, -0.1) is 0 Å². The van der Waals surface area contributed by atoms with Crippen LogP contribution >= 0.6 is 0 Å². The topological polar surface area (TPSA) is 93.7 Å². The molecule has 0 saturated heterocycles. The summed E-state index contributed by atoms with van der Waals surface area (Å²) in [6.07, 6.45) is 2.16. The number of ether oxygens (including phenoxy) is 1. The van der Waals surface area contributed by atoms with E-state index in [1.807, 2.05) is 6.92 Å². The Morgan fingerprint density at radius 3 is 2.36 bits per heavy atom. The first kappa shape index (κ1) is 21.5. The zero-order chi connectivity index (χ0) is 17.2. The average Bonchev–Trinajstić information content (AvgIpc) is 2.41. The first-order valence-corrected chi connectivity index (χ1v) is 9.48. The van der Waals surface area contributed by atoms with Gasteiger partial charge in [-0.2, -0.15) is 0 Å². The van der Waals surface area contributed by atoms with Gasteiger partial charge >= 0.3 is 0 Å². The monoisotopic (exact) mass is 338 g/mol. The third kappa shape index (κ3) is 10.2. The SMILES string of the molecule is CCCNOCCC(CC(OC)C(=O)C(C)C)NS(C)(=O)=O. The van der Waals surface area contributed by atoms with Crippen molar-refractivity contribution >= 4 is 15.8 Å². The molecule has 0 amide bonds. The van der Waals surface area contributed by atoms with Crippen molar-refractivity contribution in [2.75, 3.05) is 26.5 Å². The number of rotatable bonds is 13. The summed E-state index contributed by atoms with van der Waals surface area (Å²) in [6.45, 7) is 6.69. The van der Waals surface area contributed by atoms with Gasteiger partial charge in [-0.25, -0.2) is 18.6 Å². The smallest absolute Gasteiger partial charge is 0.208 e. The molecule has 0 fully saturated rings. The molecule has 0 radical (unpaired) electrons. The quantitative estimate of drug-likeness (QED) is 0.382. The van der Waals surface area contributed by atoms with E-state index in [9.17, 15) is 13.2 Å². The number of sulfonamides is 1. The van der Waals surface area contributed by atoms with Gasteiger partial charge < -0.3 is 9.57 Å². The Kier molecular flexibility index (Phi) is 10.8. The van der Waals surface area contributed by atoms with E-state index in [1.54, 1.807) is 13.8 Å². The van der Waals surface area contributed by atoms with Gasteiger partial charge in [0, 0.05) is 25.6 Å². The van der Waals surface area contributed by atoms with Gasteiger partial charge in [0.25, 0.3) is 0 Å². The molecule has 8 heteroatoms. The van der Waals surface area contributed by atoms with Crippen LogP contribution in [0.25, 0.3) is 0 Å². The van der Waals surface area contributed by atoms with Crippen LogP contribution in [0.3, 0.4) is 0 Å². The minimum absolute atomic E-state index is 0.0344. The highest BCUT2D eigenvalue weighted by molar-refractivity contribution is 7.88. The molecule has 2 N–H and O–H groups in total. The summed E-state index contributed by atoms with van der Waals surface area (Å²) in [5.74, 6) is -0.195. The molecule has 0 aliphatic rings. The molecule has 0 aromatic rings. The summed E-state index contributed by atoms with van der Waals surface area (Å²) in [4.78, 5) is 17.3. The van der Waals surface area contributed by atoms with Crippen molar-refractivity contribution in [1.82, 2.24) is 10.2 Å². The molecule has 0 heterocycles. The average molecular weight is 338 g/mol. The number of ketones is 1. The van der Waals surface area contributed by atoms with Crippen molar-refractivity contribution in [2.45, 2.75) is 52.2 Å². The second-order valence-corrected chi connectivity index (χ2v) is 7.42. The summed E-state index contributed by atoms with van der Waals surface area (Å²) >= 11 is 0. The number of nitrogens with one attached hydrogen (secondary N) is 2. The molecular weight excluding hydrogens is 308 g/mol. The Balaban J connectivity index is 4.60. The predicted octanol–water partition coefficient (Wildman–Crippen LogP) is 0.856. The Bertz CT molecular complexity index is 411. The number of carbonyl (C=O) groups is 1. The van der Waals surface area contributed by atoms with E-state index in [0.717, 1.165) is 19.2 Å². The van der Waals surface area contributed by atoms with E-state index < -0.39 is 22.2 Å². The van der Waals surface area contributed by atoms with E-state index in [2.05, 4.69) is 10.2 Å². The van der Waals surface area contributed by atoms with Crippen LogP contribution in [0.4, 0.5) is 0 Å². The molecule has 132 valence electrons. The lowest BCUT2D eigenvalue weighted by atomic mass is 9.97.